The van der Waals surface area contributed by atoms with Crippen LogP contribution in [0.15, 0.2) is 23.5 Å². The van der Waals surface area contributed by atoms with Gasteiger partial charge >= 0.3 is 0 Å². The molecule has 5 nitrogen and oxygen atoms in total. The van der Waals surface area contributed by atoms with Crippen molar-refractivity contribution < 1.29 is 5.21 Å². The second kappa shape index (κ2) is 5.03. The Morgan fingerprint density at radius 2 is 2.18 bits per heavy atom. The van der Waals surface area contributed by atoms with Gasteiger partial charge in [-0.1, -0.05) is 25.9 Å². The first kappa shape index (κ1) is 13.3. The van der Waals surface area contributed by atoms with Gasteiger partial charge in [-0.05, 0) is 17.5 Å². The molecule has 0 fully saturated rings. The van der Waals surface area contributed by atoms with E-state index in [4.69, 9.17) is 10.9 Å². The van der Waals surface area contributed by atoms with Crippen LogP contribution in [0.25, 0.3) is 0 Å². The number of hydrogen-bond donors (Lipinski definition) is 2. The van der Waals surface area contributed by atoms with E-state index in [1.807, 2.05) is 19.2 Å². The van der Waals surface area contributed by atoms with Gasteiger partial charge in [-0.15, -0.1) is 0 Å². The van der Waals surface area contributed by atoms with E-state index in [1.54, 1.807) is 6.20 Å². The molecule has 0 spiro atoms. The molecule has 5 heteroatoms. The molecule has 1 aromatic rings. The summed E-state index contributed by atoms with van der Waals surface area (Å²) < 4.78 is 0. The van der Waals surface area contributed by atoms with Crippen molar-refractivity contribution in [1.29, 1.82) is 0 Å². The first-order valence-electron chi connectivity index (χ1n) is 5.49. The SMILES string of the molecule is CN(CC(C)(C)C)c1cccnc1/C(N)=N/O. The number of amidine groups is 1. The summed E-state index contributed by atoms with van der Waals surface area (Å²) in [4.78, 5) is 6.20. The Labute approximate surface area is 102 Å². The van der Waals surface area contributed by atoms with Crippen LogP contribution in [0.2, 0.25) is 0 Å². The van der Waals surface area contributed by atoms with Crippen LogP contribution in [-0.4, -0.2) is 29.6 Å². The van der Waals surface area contributed by atoms with Gasteiger partial charge in [0.25, 0.3) is 0 Å². The molecule has 17 heavy (non-hydrogen) atoms. The van der Waals surface area contributed by atoms with E-state index in [0.717, 1.165) is 12.2 Å². The molecule has 0 unspecified atom stereocenters. The highest BCUT2D eigenvalue weighted by molar-refractivity contribution is 6.00. The number of rotatable bonds is 3. The van der Waals surface area contributed by atoms with E-state index in [0.29, 0.717) is 5.69 Å². The van der Waals surface area contributed by atoms with Gasteiger partial charge in [0.2, 0.25) is 0 Å². The molecule has 0 saturated carbocycles. The minimum Gasteiger partial charge on any atom is -0.409 e. The molecule has 3 N–H and O–H groups in total. The van der Waals surface area contributed by atoms with E-state index < -0.39 is 0 Å². The third-order valence-electron chi connectivity index (χ3n) is 2.26. The summed E-state index contributed by atoms with van der Waals surface area (Å²) in [6.45, 7) is 7.32. The monoisotopic (exact) mass is 236 g/mol. The van der Waals surface area contributed by atoms with Crippen LogP contribution in [0, 0.1) is 5.41 Å². The summed E-state index contributed by atoms with van der Waals surface area (Å²) in [6, 6.07) is 3.74. The minimum atomic E-state index is 0.0290. The minimum absolute atomic E-state index is 0.0290. The fraction of sp³-hybridized carbons (Fsp3) is 0.500. The van der Waals surface area contributed by atoms with E-state index in [1.165, 1.54) is 0 Å². The van der Waals surface area contributed by atoms with E-state index in [9.17, 15) is 0 Å². The lowest BCUT2D eigenvalue weighted by Gasteiger charge is -2.29. The Hall–Kier alpha value is -1.78. The first-order valence-corrected chi connectivity index (χ1v) is 5.49. The Bertz CT molecular complexity index is 409. The lowest BCUT2D eigenvalue weighted by Crippen LogP contribution is -2.31. The number of hydrogen-bond acceptors (Lipinski definition) is 4. The molecular formula is C12H20N4O. The Morgan fingerprint density at radius 3 is 2.71 bits per heavy atom. The highest BCUT2D eigenvalue weighted by atomic mass is 16.4. The zero-order valence-electron chi connectivity index (χ0n) is 10.8. The lowest BCUT2D eigenvalue weighted by atomic mass is 9.96. The second-order valence-electron chi connectivity index (χ2n) is 5.27. The number of aromatic nitrogens is 1. The molecular weight excluding hydrogens is 216 g/mol. The fourth-order valence-electron chi connectivity index (χ4n) is 1.75. The van der Waals surface area contributed by atoms with Gasteiger partial charge in [-0.25, -0.2) is 0 Å². The largest absolute Gasteiger partial charge is 0.409 e. The predicted molar refractivity (Wildman–Crippen MR) is 69.5 cm³/mol. The maximum atomic E-state index is 8.73. The highest BCUT2D eigenvalue weighted by Gasteiger charge is 2.17. The molecule has 0 aliphatic rings. The van der Waals surface area contributed by atoms with Crippen LogP contribution in [-0.2, 0) is 0 Å². The molecule has 0 aliphatic carbocycles. The molecule has 0 aromatic carbocycles. The molecule has 1 aromatic heterocycles. The van der Waals surface area contributed by atoms with Gasteiger partial charge in [0.15, 0.2) is 5.84 Å². The number of oxime groups is 1. The van der Waals surface area contributed by atoms with E-state index >= 15 is 0 Å². The molecule has 94 valence electrons. The topological polar surface area (TPSA) is 74.7 Å². The summed E-state index contributed by atoms with van der Waals surface area (Å²) >= 11 is 0. The molecule has 0 bridgehead atoms. The summed E-state index contributed by atoms with van der Waals surface area (Å²) in [5.41, 5.74) is 7.13. The molecule has 0 amide bonds. The first-order chi connectivity index (χ1) is 7.85. The molecule has 0 saturated heterocycles. The van der Waals surface area contributed by atoms with Crippen molar-refractivity contribution in [1.82, 2.24) is 4.98 Å². The Kier molecular flexibility index (Phi) is 3.93. The average Bonchev–Trinajstić information content (AvgIpc) is 2.25. The maximum absolute atomic E-state index is 8.73. The van der Waals surface area contributed by atoms with Crippen LogP contribution >= 0.6 is 0 Å². The van der Waals surface area contributed by atoms with Crippen LogP contribution in [0.3, 0.4) is 0 Å². The number of anilines is 1. The zero-order chi connectivity index (χ0) is 13.1. The van der Waals surface area contributed by atoms with Crippen molar-refractivity contribution in [3.63, 3.8) is 0 Å². The van der Waals surface area contributed by atoms with Crippen LogP contribution in [0.4, 0.5) is 5.69 Å². The van der Waals surface area contributed by atoms with Crippen LogP contribution < -0.4 is 10.6 Å². The van der Waals surface area contributed by atoms with Gasteiger partial charge < -0.3 is 15.8 Å². The third-order valence-corrected chi connectivity index (χ3v) is 2.26. The van der Waals surface area contributed by atoms with Crippen LogP contribution in [0.5, 0.6) is 0 Å². The van der Waals surface area contributed by atoms with Gasteiger partial charge in [-0.2, -0.15) is 0 Å². The van der Waals surface area contributed by atoms with E-state index in [-0.39, 0.29) is 11.3 Å². The van der Waals surface area contributed by atoms with Gasteiger partial charge in [-0.3, -0.25) is 4.98 Å². The molecule has 0 aliphatic heterocycles. The normalized spacial score (nSPS) is 12.6. The lowest BCUT2D eigenvalue weighted by molar-refractivity contribution is 0.318. The summed E-state index contributed by atoms with van der Waals surface area (Å²) in [5.74, 6) is 0.0290. The summed E-state index contributed by atoms with van der Waals surface area (Å²) in [7, 11) is 1.97. The summed E-state index contributed by atoms with van der Waals surface area (Å²) in [6.07, 6.45) is 1.63. The predicted octanol–water partition coefficient (Wildman–Crippen LogP) is 1.66. The summed E-state index contributed by atoms with van der Waals surface area (Å²) in [5, 5.41) is 11.7. The Balaban J connectivity index is 3.05. The second-order valence-corrected chi connectivity index (χ2v) is 5.27. The quantitative estimate of drug-likeness (QED) is 0.362. The molecule has 0 radical (unpaired) electrons. The smallest absolute Gasteiger partial charge is 0.190 e. The van der Waals surface area contributed by atoms with Crippen molar-refractivity contribution in [2.75, 3.05) is 18.5 Å². The molecule has 1 heterocycles. The number of pyridine rings is 1. The van der Waals surface area contributed by atoms with Crippen molar-refractivity contribution in [2.45, 2.75) is 20.8 Å². The highest BCUT2D eigenvalue weighted by Crippen LogP contribution is 2.22. The average molecular weight is 236 g/mol. The van der Waals surface area contributed by atoms with Gasteiger partial charge in [0.1, 0.15) is 5.69 Å². The zero-order valence-corrected chi connectivity index (χ0v) is 10.8. The van der Waals surface area contributed by atoms with Crippen molar-refractivity contribution >= 4 is 11.5 Å². The number of nitrogens with two attached hydrogens (primary N) is 1. The molecule has 0 atom stereocenters. The van der Waals surface area contributed by atoms with Crippen molar-refractivity contribution in [3.05, 3.63) is 24.0 Å². The van der Waals surface area contributed by atoms with Gasteiger partial charge in [0.05, 0.1) is 5.69 Å². The third kappa shape index (κ3) is 3.62. The van der Waals surface area contributed by atoms with E-state index in [2.05, 4.69) is 35.8 Å². The van der Waals surface area contributed by atoms with Crippen molar-refractivity contribution in [2.24, 2.45) is 16.3 Å². The Morgan fingerprint density at radius 1 is 1.53 bits per heavy atom. The molecule has 1 rings (SSSR count). The van der Waals surface area contributed by atoms with Gasteiger partial charge in [0, 0.05) is 19.8 Å². The maximum Gasteiger partial charge on any atom is 0.190 e. The standard InChI is InChI=1S/C12H20N4O/c1-12(2,3)8-16(4)9-6-5-7-14-10(9)11(13)15-17/h5-7,17H,8H2,1-4H3,(H2,13,15). The number of nitrogens with zero attached hydrogens (tertiary/aromatic N) is 3. The van der Waals surface area contributed by atoms with Crippen LogP contribution in [0.1, 0.15) is 26.5 Å². The van der Waals surface area contributed by atoms with Crippen molar-refractivity contribution in [3.8, 4) is 0 Å². The fourth-order valence-corrected chi connectivity index (χ4v) is 1.75.